The minimum Gasteiger partial charge on any atom is -0.347 e. The van der Waals surface area contributed by atoms with E-state index in [1.165, 1.54) is 11.6 Å². The number of aromatic amines is 1. The summed E-state index contributed by atoms with van der Waals surface area (Å²) in [5.41, 5.74) is 2.31. The van der Waals surface area contributed by atoms with E-state index in [-0.39, 0.29) is 5.91 Å². The van der Waals surface area contributed by atoms with Gasteiger partial charge in [-0.05, 0) is 23.1 Å². The second-order valence-corrected chi connectivity index (χ2v) is 4.91. The van der Waals surface area contributed by atoms with Crippen molar-refractivity contribution in [3.8, 4) is 0 Å². The first-order valence-corrected chi connectivity index (χ1v) is 6.69. The first-order valence-electron chi connectivity index (χ1n) is 6.69. The molecule has 0 saturated carbocycles. The highest BCUT2D eigenvalue weighted by Gasteiger charge is 1.99. The van der Waals surface area contributed by atoms with Crippen molar-refractivity contribution in [2.45, 2.75) is 26.3 Å². The van der Waals surface area contributed by atoms with Crippen LogP contribution < -0.4 is 5.32 Å². The minimum absolute atomic E-state index is 0.130. The van der Waals surface area contributed by atoms with Crippen molar-refractivity contribution in [1.29, 1.82) is 0 Å². The lowest BCUT2D eigenvalue weighted by Gasteiger charge is -2.04. The van der Waals surface area contributed by atoms with Gasteiger partial charge in [0, 0.05) is 18.5 Å². The SMILES string of the molecule is CC(C)c1ccc(C=CC(=O)NCc2ncc[nH]2)cc1. The van der Waals surface area contributed by atoms with Gasteiger partial charge in [-0.25, -0.2) is 4.98 Å². The molecule has 0 aliphatic carbocycles. The van der Waals surface area contributed by atoms with Crippen molar-refractivity contribution in [3.05, 3.63) is 59.7 Å². The molecule has 4 nitrogen and oxygen atoms in total. The molecule has 0 bridgehead atoms. The fraction of sp³-hybridized carbons (Fsp3) is 0.250. The van der Waals surface area contributed by atoms with Gasteiger partial charge in [0.15, 0.2) is 0 Å². The maximum atomic E-state index is 11.6. The van der Waals surface area contributed by atoms with Gasteiger partial charge in [-0.1, -0.05) is 38.1 Å². The van der Waals surface area contributed by atoms with Crippen molar-refractivity contribution >= 4 is 12.0 Å². The van der Waals surface area contributed by atoms with E-state index in [0.717, 1.165) is 11.4 Å². The smallest absolute Gasteiger partial charge is 0.244 e. The zero-order chi connectivity index (χ0) is 14.4. The Morgan fingerprint density at radius 2 is 2.10 bits per heavy atom. The number of rotatable bonds is 5. The Morgan fingerprint density at radius 1 is 1.35 bits per heavy atom. The molecule has 20 heavy (non-hydrogen) atoms. The van der Waals surface area contributed by atoms with Crippen molar-refractivity contribution in [1.82, 2.24) is 15.3 Å². The second kappa shape index (κ2) is 6.70. The molecule has 4 heteroatoms. The molecule has 104 valence electrons. The Bertz CT molecular complexity index is 568. The summed E-state index contributed by atoms with van der Waals surface area (Å²) in [6.45, 7) is 4.72. The Hall–Kier alpha value is -2.36. The first-order chi connectivity index (χ1) is 9.65. The van der Waals surface area contributed by atoms with Crippen LogP contribution in [0, 0.1) is 0 Å². The fourth-order valence-electron chi connectivity index (χ4n) is 1.79. The molecule has 0 radical (unpaired) electrons. The number of carbonyl (C=O) groups excluding carboxylic acids is 1. The van der Waals surface area contributed by atoms with Crippen LogP contribution in [0.5, 0.6) is 0 Å². The van der Waals surface area contributed by atoms with Gasteiger partial charge in [-0.3, -0.25) is 4.79 Å². The Labute approximate surface area is 118 Å². The molecule has 0 saturated heterocycles. The lowest BCUT2D eigenvalue weighted by Crippen LogP contribution is -2.20. The van der Waals surface area contributed by atoms with Crippen LogP contribution in [0.15, 0.2) is 42.7 Å². The largest absolute Gasteiger partial charge is 0.347 e. The molecular weight excluding hydrogens is 250 g/mol. The highest BCUT2D eigenvalue weighted by molar-refractivity contribution is 5.91. The number of hydrogen-bond donors (Lipinski definition) is 2. The van der Waals surface area contributed by atoms with E-state index in [4.69, 9.17) is 0 Å². The van der Waals surface area contributed by atoms with E-state index in [2.05, 4.69) is 41.3 Å². The van der Waals surface area contributed by atoms with E-state index in [0.29, 0.717) is 12.5 Å². The lowest BCUT2D eigenvalue weighted by atomic mass is 10.0. The monoisotopic (exact) mass is 269 g/mol. The summed E-state index contributed by atoms with van der Waals surface area (Å²) in [7, 11) is 0. The number of H-pyrrole nitrogens is 1. The number of nitrogens with zero attached hydrogens (tertiary/aromatic N) is 1. The van der Waals surface area contributed by atoms with E-state index >= 15 is 0 Å². The third kappa shape index (κ3) is 4.09. The zero-order valence-electron chi connectivity index (χ0n) is 11.8. The van der Waals surface area contributed by atoms with Crippen LogP contribution in [-0.2, 0) is 11.3 Å². The Morgan fingerprint density at radius 3 is 2.70 bits per heavy atom. The van der Waals surface area contributed by atoms with E-state index in [9.17, 15) is 4.79 Å². The number of amides is 1. The van der Waals surface area contributed by atoms with Gasteiger partial charge in [0.05, 0.1) is 6.54 Å². The molecule has 0 aliphatic heterocycles. The maximum Gasteiger partial charge on any atom is 0.244 e. The fourth-order valence-corrected chi connectivity index (χ4v) is 1.79. The average Bonchev–Trinajstić information content (AvgIpc) is 2.96. The van der Waals surface area contributed by atoms with Gasteiger partial charge in [-0.15, -0.1) is 0 Å². The molecule has 1 heterocycles. The van der Waals surface area contributed by atoms with Crippen LogP contribution >= 0.6 is 0 Å². The maximum absolute atomic E-state index is 11.6. The number of hydrogen-bond acceptors (Lipinski definition) is 2. The molecule has 2 rings (SSSR count). The second-order valence-electron chi connectivity index (χ2n) is 4.91. The summed E-state index contributed by atoms with van der Waals surface area (Å²) < 4.78 is 0. The topological polar surface area (TPSA) is 57.8 Å². The summed E-state index contributed by atoms with van der Waals surface area (Å²) >= 11 is 0. The predicted octanol–water partition coefficient (Wildman–Crippen LogP) is 2.86. The molecule has 0 aliphatic rings. The molecule has 0 unspecified atom stereocenters. The summed E-state index contributed by atoms with van der Waals surface area (Å²) in [4.78, 5) is 18.6. The van der Waals surface area contributed by atoms with Gasteiger partial charge in [0.25, 0.3) is 0 Å². The molecule has 0 fully saturated rings. The van der Waals surface area contributed by atoms with E-state index in [1.54, 1.807) is 12.4 Å². The third-order valence-corrected chi connectivity index (χ3v) is 3.02. The molecule has 2 N–H and O–H groups in total. The Balaban J connectivity index is 1.86. The normalized spacial score (nSPS) is 11.2. The van der Waals surface area contributed by atoms with Crippen LogP contribution in [0.25, 0.3) is 6.08 Å². The summed E-state index contributed by atoms with van der Waals surface area (Å²) in [5.74, 6) is 1.13. The molecular formula is C16H19N3O. The van der Waals surface area contributed by atoms with Gasteiger partial charge in [0.1, 0.15) is 5.82 Å². The number of imidazole rings is 1. The predicted molar refractivity (Wildman–Crippen MR) is 80.0 cm³/mol. The summed E-state index contributed by atoms with van der Waals surface area (Å²) in [5, 5.41) is 2.77. The van der Waals surface area contributed by atoms with Crippen molar-refractivity contribution < 1.29 is 4.79 Å². The number of aromatic nitrogens is 2. The molecule has 1 aromatic carbocycles. The number of carbonyl (C=O) groups is 1. The number of benzene rings is 1. The van der Waals surface area contributed by atoms with Crippen LogP contribution in [0.3, 0.4) is 0 Å². The van der Waals surface area contributed by atoms with Gasteiger partial charge < -0.3 is 10.3 Å². The summed E-state index contributed by atoms with van der Waals surface area (Å²) in [6, 6.07) is 8.22. The molecule has 0 atom stereocenters. The minimum atomic E-state index is -0.130. The lowest BCUT2D eigenvalue weighted by molar-refractivity contribution is -0.116. The standard InChI is InChI=1S/C16H19N3O/c1-12(2)14-6-3-13(4-7-14)5-8-16(20)19-11-15-17-9-10-18-15/h3-10,12H,11H2,1-2H3,(H,17,18)(H,19,20). The third-order valence-electron chi connectivity index (χ3n) is 3.02. The van der Waals surface area contributed by atoms with Crippen molar-refractivity contribution in [3.63, 3.8) is 0 Å². The molecule has 1 aromatic heterocycles. The highest BCUT2D eigenvalue weighted by Crippen LogP contribution is 2.15. The quantitative estimate of drug-likeness (QED) is 0.820. The zero-order valence-corrected chi connectivity index (χ0v) is 11.8. The van der Waals surface area contributed by atoms with Crippen LogP contribution in [0.2, 0.25) is 0 Å². The van der Waals surface area contributed by atoms with Crippen LogP contribution in [0.1, 0.15) is 36.7 Å². The average molecular weight is 269 g/mol. The van der Waals surface area contributed by atoms with Crippen LogP contribution in [-0.4, -0.2) is 15.9 Å². The van der Waals surface area contributed by atoms with Gasteiger partial charge >= 0.3 is 0 Å². The van der Waals surface area contributed by atoms with Crippen molar-refractivity contribution in [2.75, 3.05) is 0 Å². The highest BCUT2D eigenvalue weighted by atomic mass is 16.1. The van der Waals surface area contributed by atoms with E-state index < -0.39 is 0 Å². The molecule has 2 aromatic rings. The summed E-state index contributed by atoms with van der Waals surface area (Å²) in [6.07, 6.45) is 6.73. The van der Waals surface area contributed by atoms with Gasteiger partial charge in [0.2, 0.25) is 5.91 Å². The Kier molecular flexibility index (Phi) is 4.71. The van der Waals surface area contributed by atoms with Crippen LogP contribution in [0.4, 0.5) is 0 Å². The molecule has 0 spiro atoms. The van der Waals surface area contributed by atoms with E-state index in [1.807, 2.05) is 18.2 Å². The first kappa shape index (κ1) is 14.1. The van der Waals surface area contributed by atoms with Crippen molar-refractivity contribution in [2.24, 2.45) is 0 Å². The van der Waals surface area contributed by atoms with Gasteiger partial charge in [-0.2, -0.15) is 0 Å². The number of nitrogens with one attached hydrogen (secondary N) is 2. The molecule has 1 amide bonds.